The zero-order valence-corrected chi connectivity index (χ0v) is 14.7. The van der Waals surface area contributed by atoms with Crippen LogP contribution in [0.1, 0.15) is 11.1 Å². The molecule has 5 nitrogen and oxygen atoms in total. The van der Waals surface area contributed by atoms with Crippen LogP contribution in [-0.4, -0.2) is 15.2 Å². The van der Waals surface area contributed by atoms with E-state index in [1.807, 2.05) is 18.2 Å². The van der Waals surface area contributed by atoms with Gasteiger partial charge in [0.15, 0.2) is 5.82 Å². The molecule has 0 atom stereocenters. The van der Waals surface area contributed by atoms with E-state index in [0.717, 1.165) is 5.69 Å². The number of hydrogen-bond donors (Lipinski definition) is 2. The van der Waals surface area contributed by atoms with Crippen molar-refractivity contribution in [3.05, 3.63) is 63.8 Å². The van der Waals surface area contributed by atoms with Gasteiger partial charge in [-0.15, -0.1) is 5.10 Å². The van der Waals surface area contributed by atoms with Gasteiger partial charge in [0.1, 0.15) is 0 Å². The predicted octanol–water partition coefficient (Wildman–Crippen LogP) is 5.28. The Morgan fingerprint density at radius 3 is 2.54 bits per heavy atom. The Morgan fingerprint density at radius 2 is 1.75 bits per heavy atom. The van der Waals surface area contributed by atoms with Crippen molar-refractivity contribution in [3.63, 3.8) is 0 Å². The van der Waals surface area contributed by atoms with E-state index in [0.29, 0.717) is 27.5 Å². The smallest absolute Gasteiger partial charge is 0.249 e. The van der Waals surface area contributed by atoms with Crippen LogP contribution in [0.4, 0.5) is 23.1 Å². The summed E-state index contributed by atoms with van der Waals surface area (Å²) in [5, 5.41) is 15.3. The Bertz CT molecular complexity index is 883. The molecule has 24 heavy (non-hydrogen) atoms. The highest BCUT2D eigenvalue weighted by Gasteiger charge is 2.06. The van der Waals surface area contributed by atoms with Gasteiger partial charge in [0.25, 0.3) is 0 Å². The number of benzene rings is 2. The van der Waals surface area contributed by atoms with Gasteiger partial charge in [-0.2, -0.15) is 10.1 Å². The summed E-state index contributed by atoms with van der Waals surface area (Å²) in [6.45, 7) is 4.12. The van der Waals surface area contributed by atoms with E-state index in [9.17, 15) is 0 Å². The fourth-order valence-corrected chi connectivity index (χ4v) is 2.43. The zero-order valence-electron chi connectivity index (χ0n) is 13.1. The molecule has 1 aromatic heterocycles. The third-order valence-corrected chi connectivity index (χ3v) is 4.08. The number of aryl methyl sites for hydroxylation is 2. The summed E-state index contributed by atoms with van der Waals surface area (Å²) >= 11 is 12.1. The molecule has 0 unspecified atom stereocenters. The third-order valence-electron chi connectivity index (χ3n) is 3.51. The van der Waals surface area contributed by atoms with Gasteiger partial charge in [-0.05, 0) is 55.3 Å². The van der Waals surface area contributed by atoms with Gasteiger partial charge in [-0.25, -0.2) is 0 Å². The molecule has 3 aromatic rings. The van der Waals surface area contributed by atoms with Gasteiger partial charge < -0.3 is 10.6 Å². The molecule has 0 radical (unpaired) electrons. The summed E-state index contributed by atoms with van der Waals surface area (Å²) in [5.41, 5.74) is 3.97. The molecule has 0 bridgehead atoms. The lowest BCUT2D eigenvalue weighted by Crippen LogP contribution is -2.03. The predicted molar refractivity (Wildman–Crippen MR) is 98.8 cm³/mol. The van der Waals surface area contributed by atoms with Gasteiger partial charge in [0.05, 0.1) is 16.9 Å². The molecule has 0 aliphatic carbocycles. The van der Waals surface area contributed by atoms with Gasteiger partial charge in [-0.1, -0.05) is 29.3 Å². The highest BCUT2D eigenvalue weighted by atomic mass is 35.5. The van der Waals surface area contributed by atoms with Crippen LogP contribution < -0.4 is 10.6 Å². The van der Waals surface area contributed by atoms with Crippen LogP contribution in [0.15, 0.2) is 42.6 Å². The largest absolute Gasteiger partial charge is 0.338 e. The second-order valence-corrected chi connectivity index (χ2v) is 6.18. The van der Waals surface area contributed by atoms with E-state index in [1.54, 1.807) is 18.2 Å². The van der Waals surface area contributed by atoms with Gasteiger partial charge in [-0.3, -0.25) is 0 Å². The molecule has 7 heteroatoms. The third kappa shape index (κ3) is 3.93. The fourth-order valence-electron chi connectivity index (χ4n) is 2.10. The SMILES string of the molecule is Cc1ccc(Nc2nncc(Nc3cc(Cl)ccc3Cl)n2)cc1C. The molecule has 2 N–H and O–H groups in total. The summed E-state index contributed by atoms with van der Waals surface area (Å²) in [4.78, 5) is 4.39. The fraction of sp³-hybridized carbons (Fsp3) is 0.118. The summed E-state index contributed by atoms with van der Waals surface area (Å²) in [5.74, 6) is 0.905. The van der Waals surface area contributed by atoms with Crippen LogP contribution in [0.5, 0.6) is 0 Å². The molecule has 0 spiro atoms. The van der Waals surface area contributed by atoms with Crippen molar-refractivity contribution in [2.75, 3.05) is 10.6 Å². The number of anilines is 4. The van der Waals surface area contributed by atoms with Gasteiger partial charge >= 0.3 is 0 Å². The van der Waals surface area contributed by atoms with Crippen LogP contribution in [0.2, 0.25) is 10.0 Å². The molecule has 0 saturated carbocycles. The van der Waals surface area contributed by atoms with E-state index in [2.05, 4.69) is 39.7 Å². The van der Waals surface area contributed by atoms with Crippen molar-refractivity contribution >= 4 is 46.3 Å². The maximum atomic E-state index is 6.15. The quantitative estimate of drug-likeness (QED) is 0.663. The number of aromatic nitrogens is 3. The topological polar surface area (TPSA) is 62.7 Å². The van der Waals surface area contributed by atoms with E-state index in [1.165, 1.54) is 17.3 Å². The molecule has 122 valence electrons. The maximum absolute atomic E-state index is 6.15. The lowest BCUT2D eigenvalue weighted by Gasteiger charge is -2.10. The van der Waals surface area contributed by atoms with Gasteiger partial charge in [0.2, 0.25) is 5.95 Å². The van der Waals surface area contributed by atoms with E-state index in [-0.39, 0.29) is 0 Å². The maximum Gasteiger partial charge on any atom is 0.249 e. The molecule has 1 heterocycles. The van der Waals surface area contributed by atoms with Crippen LogP contribution >= 0.6 is 23.2 Å². The van der Waals surface area contributed by atoms with Gasteiger partial charge in [0, 0.05) is 10.7 Å². The molecule has 0 saturated heterocycles. The van der Waals surface area contributed by atoms with Crippen molar-refractivity contribution in [1.82, 2.24) is 15.2 Å². The Hall–Kier alpha value is -2.37. The highest BCUT2D eigenvalue weighted by Crippen LogP contribution is 2.28. The van der Waals surface area contributed by atoms with Crippen LogP contribution in [0, 0.1) is 13.8 Å². The number of nitrogens with one attached hydrogen (secondary N) is 2. The highest BCUT2D eigenvalue weighted by molar-refractivity contribution is 6.35. The number of halogens is 2. The zero-order chi connectivity index (χ0) is 17.1. The Morgan fingerprint density at radius 1 is 0.917 bits per heavy atom. The number of hydrogen-bond acceptors (Lipinski definition) is 5. The summed E-state index contributed by atoms with van der Waals surface area (Å²) in [6.07, 6.45) is 1.52. The standard InChI is InChI=1S/C17H15Cl2N5/c1-10-3-5-13(7-11(10)2)21-17-23-16(9-20-24-17)22-15-8-12(18)4-6-14(15)19/h3-9H,1-2H3,(H2,21,22,23,24). The second-order valence-electron chi connectivity index (χ2n) is 5.34. The molecular formula is C17H15Cl2N5. The summed E-state index contributed by atoms with van der Waals surface area (Å²) in [6, 6.07) is 11.2. The van der Waals surface area contributed by atoms with Crippen LogP contribution in [0.3, 0.4) is 0 Å². The summed E-state index contributed by atoms with van der Waals surface area (Å²) in [7, 11) is 0. The number of rotatable bonds is 4. The van der Waals surface area contributed by atoms with Crippen LogP contribution in [0.25, 0.3) is 0 Å². The Balaban J connectivity index is 1.81. The minimum Gasteiger partial charge on any atom is -0.338 e. The monoisotopic (exact) mass is 359 g/mol. The van der Waals surface area contributed by atoms with E-state index < -0.39 is 0 Å². The molecular weight excluding hydrogens is 345 g/mol. The average Bonchev–Trinajstić information content (AvgIpc) is 2.55. The van der Waals surface area contributed by atoms with Crippen molar-refractivity contribution in [3.8, 4) is 0 Å². The van der Waals surface area contributed by atoms with Crippen LogP contribution in [-0.2, 0) is 0 Å². The minimum absolute atomic E-state index is 0.390. The Labute approximate surface area is 150 Å². The molecule has 0 amide bonds. The molecule has 2 aromatic carbocycles. The van der Waals surface area contributed by atoms with Crippen molar-refractivity contribution < 1.29 is 0 Å². The average molecular weight is 360 g/mol. The van der Waals surface area contributed by atoms with Crippen molar-refractivity contribution in [2.24, 2.45) is 0 Å². The normalized spacial score (nSPS) is 10.5. The first kappa shape index (κ1) is 16.5. The molecule has 0 fully saturated rings. The Kier molecular flexibility index (Phi) is 4.83. The van der Waals surface area contributed by atoms with E-state index >= 15 is 0 Å². The van der Waals surface area contributed by atoms with E-state index in [4.69, 9.17) is 23.2 Å². The minimum atomic E-state index is 0.390. The van der Waals surface area contributed by atoms with Crippen molar-refractivity contribution in [2.45, 2.75) is 13.8 Å². The molecule has 0 aliphatic heterocycles. The lowest BCUT2D eigenvalue weighted by atomic mass is 10.1. The molecule has 3 rings (SSSR count). The summed E-state index contributed by atoms with van der Waals surface area (Å²) < 4.78 is 0. The van der Waals surface area contributed by atoms with Crippen molar-refractivity contribution in [1.29, 1.82) is 0 Å². The number of nitrogens with zero attached hydrogens (tertiary/aromatic N) is 3. The first-order valence-electron chi connectivity index (χ1n) is 7.27. The first-order valence-corrected chi connectivity index (χ1v) is 8.03. The second kappa shape index (κ2) is 7.03. The first-order chi connectivity index (χ1) is 11.5. The lowest BCUT2D eigenvalue weighted by molar-refractivity contribution is 0.982. The molecule has 0 aliphatic rings.